The second kappa shape index (κ2) is 9.96. The molecule has 25 heavy (non-hydrogen) atoms. The molecule has 1 unspecified atom stereocenters. The van der Waals surface area contributed by atoms with E-state index in [0.717, 1.165) is 12.8 Å². The minimum atomic E-state index is -3.25. The summed E-state index contributed by atoms with van der Waals surface area (Å²) in [5.74, 6) is 0.466. The van der Waals surface area contributed by atoms with E-state index < -0.39 is 15.9 Å². The number of amides is 1. The molecule has 0 aliphatic carbocycles. The molecule has 0 radical (unpaired) electrons. The maximum absolute atomic E-state index is 12.2. The zero-order chi connectivity index (χ0) is 17.6. The van der Waals surface area contributed by atoms with Crippen LogP contribution in [0.25, 0.3) is 0 Å². The predicted molar refractivity (Wildman–Crippen MR) is 97.2 cm³/mol. The molecule has 0 spiro atoms. The van der Waals surface area contributed by atoms with Gasteiger partial charge in [-0.25, -0.2) is 8.42 Å². The lowest BCUT2D eigenvalue weighted by Crippen LogP contribution is -2.48. The quantitative estimate of drug-likeness (QED) is 0.688. The van der Waals surface area contributed by atoms with E-state index in [4.69, 9.17) is 9.47 Å². The maximum Gasteiger partial charge on any atom is 0.252 e. The molecule has 2 rings (SSSR count). The Morgan fingerprint density at radius 2 is 2.20 bits per heavy atom. The fourth-order valence-corrected chi connectivity index (χ4v) is 3.02. The lowest BCUT2D eigenvalue weighted by molar-refractivity contribution is -0.143. The maximum atomic E-state index is 12.2. The first kappa shape index (κ1) is 21.7. The van der Waals surface area contributed by atoms with E-state index in [0.29, 0.717) is 38.5 Å². The van der Waals surface area contributed by atoms with Crippen molar-refractivity contribution in [2.24, 2.45) is 0 Å². The summed E-state index contributed by atoms with van der Waals surface area (Å²) in [7, 11) is -1.51. The third-order valence-corrected chi connectivity index (χ3v) is 4.83. The van der Waals surface area contributed by atoms with E-state index in [2.05, 4.69) is 5.32 Å². The van der Waals surface area contributed by atoms with Crippen LogP contribution in [-0.2, 0) is 19.4 Å². The van der Waals surface area contributed by atoms with Crippen LogP contribution in [0.3, 0.4) is 0 Å². The number of nitrogens with one attached hydrogen (secondary N) is 1. The van der Waals surface area contributed by atoms with E-state index in [-0.39, 0.29) is 23.2 Å². The molecule has 1 aromatic rings. The van der Waals surface area contributed by atoms with Crippen LogP contribution in [0, 0.1) is 0 Å². The molecule has 1 aromatic carbocycles. The van der Waals surface area contributed by atoms with Gasteiger partial charge >= 0.3 is 0 Å². The van der Waals surface area contributed by atoms with Crippen LogP contribution in [0.1, 0.15) is 6.42 Å². The standard InChI is InChI=1S/C16H24N2O5S.ClH/c1-18(16(19)15-12-17-7-10-23-15)8-4-9-22-13-5-3-6-14(11-13)24(2,20)21;/h3,5-6,11,15,17H,4,7-10,12H2,1-2H3;1H. The SMILES string of the molecule is CN(CCCOc1cccc(S(C)(=O)=O)c1)C(=O)C1CNCCO1.Cl. The van der Waals surface area contributed by atoms with Gasteiger partial charge in [-0.1, -0.05) is 6.07 Å². The highest BCUT2D eigenvalue weighted by atomic mass is 35.5. The molecule has 1 fully saturated rings. The Labute approximate surface area is 155 Å². The number of hydrogen-bond donors (Lipinski definition) is 1. The van der Waals surface area contributed by atoms with Crippen molar-refractivity contribution in [2.45, 2.75) is 17.4 Å². The van der Waals surface area contributed by atoms with Gasteiger partial charge in [-0.15, -0.1) is 12.4 Å². The predicted octanol–water partition coefficient (Wildman–Crippen LogP) is 0.728. The van der Waals surface area contributed by atoms with E-state index in [9.17, 15) is 13.2 Å². The number of morpholine rings is 1. The first-order chi connectivity index (χ1) is 11.4. The third-order valence-electron chi connectivity index (χ3n) is 3.72. The van der Waals surface area contributed by atoms with Gasteiger partial charge in [-0.2, -0.15) is 0 Å². The minimum absolute atomic E-state index is 0. The second-order valence-electron chi connectivity index (χ2n) is 5.77. The van der Waals surface area contributed by atoms with Gasteiger partial charge in [0.25, 0.3) is 5.91 Å². The highest BCUT2D eigenvalue weighted by molar-refractivity contribution is 7.90. The topological polar surface area (TPSA) is 84.9 Å². The van der Waals surface area contributed by atoms with E-state index in [1.54, 1.807) is 24.1 Å². The molecule has 0 saturated carbocycles. The molecule has 0 aromatic heterocycles. The number of halogens is 1. The van der Waals surface area contributed by atoms with Crippen LogP contribution in [0.15, 0.2) is 29.2 Å². The lowest BCUT2D eigenvalue weighted by atomic mass is 10.2. The van der Waals surface area contributed by atoms with Gasteiger partial charge in [0, 0.05) is 32.9 Å². The summed E-state index contributed by atoms with van der Waals surface area (Å²) in [6, 6.07) is 6.40. The molecule has 7 nitrogen and oxygen atoms in total. The molecule has 9 heteroatoms. The van der Waals surface area contributed by atoms with Crippen LogP contribution in [0.2, 0.25) is 0 Å². The Bertz CT molecular complexity index is 662. The van der Waals surface area contributed by atoms with Crippen LogP contribution in [0.5, 0.6) is 5.75 Å². The number of carbonyl (C=O) groups excluding carboxylic acids is 1. The summed E-state index contributed by atoms with van der Waals surface area (Å²) in [4.78, 5) is 14.0. The molecule has 1 heterocycles. The summed E-state index contributed by atoms with van der Waals surface area (Å²) in [6.07, 6.45) is 1.39. The zero-order valence-corrected chi connectivity index (χ0v) is 16.1. The van der Waals surface area contributed by atoms with E-state index in [1.807, 2.05) is 0 Å². The normalized spacial score (nSPS) is 17.4. The summed E-state index contributed by atoms with van der Waals surface area (Å²) in [6.45, 7) is 2.80. The van der Waals surface area contributed by atoms with Gasteiger partial charge in [0.15, 0.2) is 9.84 Å². The van der Waals surface area contributed by atoms with Crippen molar-refractivity contribution in [3.05, 3.63) is 24.3 Å². The molecule has 1 aliphatic rings. The Morgan fingerprint density at radius 1 is 1.44 bits per heavy atom. The second-order valence-corrected chi connectivity index (χ2v) is 7.79. The van der Waals surface area contributed by atoms with Gasteiger partial charge in [0.05, 0.1) is 18.1 Å². The number of nitrogens with zero attached hydrogens (tertiary/aromatic N) is 1. The van der Waals surface area contributed by atoms with Crippen LogP contribution < -0.4 is 10.1 Å². The van der Waals surface area contributed by atoms with Crippen molar-refractivity contribution in [3.8, 4) is 5.75 Å². The zero-order valence-electron chi connectivity index (χ0n) is 14.4. The van der Waals surface area contributed by atoms with Crippen molar-refractivity contribution in [1.82, 2.24) is 10.2 Å². The Kier molecular flexibility index (Phi) is 8.64. The van der Waals surface area contributed by atoms with Gasteiger partial charge in [0.2, 0.25) is 0 Å². The summed E-state index contributed by atoms with van der Waals surface area (Å²) < 4.78 is 34.0. The average molecular weight is 393 g/mol. The van der Waals surface area contributed by atoms with Gasteiger partial charge in [-0.05, 0) is 24.6 Å². The molecule has 1 atom stereocenters. The van der Waals surface area contributed by atoms with Crippen LogP contribution >= 0.6 is 12.4 Å². The van der Waals surface area contributed by atoms with Gasteiger partial charge < -0.3 is 19.7 Å². The number of carbonyl (C=O) groups is 1. The van der Waals surface area contributed by atoms with E-state index >= 15 is 0 Å². The largest absolute Gasteiger partial charge is 0.493 e. The third kappa shape index (κ3) is 6.81. The van der Waals surface area contributed by atoms with Gasteiger partial charge in [0.1, 0.15) is 11.9 Å². The van der Waals surface area contributed by atoms with Crippen LogP contribution in [0.4, 0.5) is 0 Å². The Balaban J connectivity index is 0.00000312. The lowest BCUT2D eigenvalue weighted by Gasteiger charge is -2.27. The number of benzene rings is 1. The van der Waals surface area contributed by atoms with Crippen LogP contribution in [-0.4, -0.2) is 71.5 Å². The van der Waals surface area contributed by atoms with E-state index in [1.165, 1.54) is 12.1 Å². The fraction of sp³-hybridized carbons (Fsp3) is 0.562. The number of rotatable bonds is 7. The summed E-state index contributed by atoms with van der Waals surface area (Å²) in [5, 5.41) is 3.13. The van der Waals surface area contributed by atoms with Crippen molar-refractivity contribution in [3.63, 3.8) is 0 Å². The van der Waals surface area contributed by atoms with Crippen molar-refractivity contribution in [2.75, 3.05) is 46.2 Å². The Morgan fingerprint density at radius 3 is 2.84 bits per heavy atom. The van der Waals surface area contributed by atoms with Gasteiger partial charge in [-0.3, -0.25) is 4.79 Å². The molecule has 1 saturated heterocycles. The summed E-state index contributed by atoms with van der Waals surface area (Å²) >= 11 is 0. The molecular formula is C16H25ClN2O5S. The highest BCUT2D eigenvalue weighted by Gasteiger charge is 2.24. The molecule has 1 aliphatic heterocycles. The molecule has 1 amide bonds. The Hall–Kier alpha value is -1.35. The first-order valence-electron chi connectivity index (χ1n) is 7.88. The summed E-state index contributed by atoms with van der Waals surface area (Å²) in [5.41, 5.74) is 0. The average Bonchev–Trinajstić information content (AvgIpc) is 2.58. The van der Waals surface area contributed by atoms with Crippen molar-refractivity contribution in [1.29, 1.82) is 0 Å². The molecular weight excluding hydrogens is 368 g/mol. The number of likely N-dealkylation sites (N-methyl/N-ethyl adjacent to an activating group) is 1. The number of sulfone groups is 1. The highest BCUT2D eigenvalue weighted by Crippen LogP contribution is 2.17. The number of hydrogen-bond acceptors (Lipinski definition) is 6. The monoisotopic (exact) mass is 392 g/mol. The van der Waals surface area contributed by atoms with Crippen molar-refractivity contribution >= 4 is 28.2 Å². The molecule has 142 valence electrons. The molecule has 0 bridgehead atoms. The minimum Gasteiger partial charge on any atom is -0.493 e. The molecule has 1 N–H and O–H groups in total. The fourth-order valence-electron chi connectivity index (χ4n) is 2.37. The first-order valence-corrected chi connectivity index (χ1v) is 9.77. The smallest absolute Gasteiger partial charge is 0.252 e. The van der Waals surface area contributed by atoms with Crippen molar-refractivity contribution < 1.29 is 22.7 Å². The number of ether oxygens (including phenoxy) is 2.